The lowest BCUT2D eigenvalue weighted by molar-refractivity contribution is 0.391. The van der Waals surface area contributed by atoms with Crippen LogP contribution in [0.15, 0.2) is 52.3 Å². The first-order chi connectivity index (χ1) is 9.83. The zero-order chi connectivity index (χ0) is 13.8. The van der Waals surface area contributed by atoms with E-state index in [1.165, 1.54) is 11.8 Å². The lowest BCUT2D eigenvalue weighted by atomic mass is 10.3. The molecule has 0 bridgehead atoms. The highest BCUT2D eigenvalue weighted by Crippen LogP contribution is 2.27. The van der Waals surface area contributed by atoms with Crippen LogP contribution in [0.2, 0.25) is 0 Å². The molecule has 0 atom stereocenters. The van der Waals surface area contributed by atoms with E-state index in [0.717, 1.165) is 4.90 Å². The van der Waals surface area contributed by atoms with Crippen LogP contribution >= 0.6 is 11.8 Å². The Morgan fingerprint density at radius 1 is 1.20 bits per heavy atom. The summed E-state index contributed by atoms with van der Waals surface area (Å²) >= 11 is 1.53. The molecule has 6 nitrogen and oxygen atoms in total. The maximum atomic E-state index is 5.82. The molecule has 20 heavy (non-hydrogen) atoms. The van der Waals surface area contributed by atoms with Gasteiger partial charge in [-0.2, -0.15) is 4.98 Å². The van der Waals surface area contributed by atoms with Gasteiger partial charge in [0.25, 0.3) is 0 Å². The van der Waals surface area contributed by atoms with Crippen LogP contribution in [0.1, 0.15) is 5.89 Å². The Hall–Kier alpha value is -2.41. The van der Waals surface area contributed by atoms with Crippen molar-refractivity contribution < 1.29 is 4.52 Å². The average molecular weight is 285 g/mol. The highest BCUT2D eigenvalue weighted by Gasteiger charge is 2.10. The van der Waals surface area contributed by atoms with Crippen molar-refractivity contribution in [2.45, 2.75) is 10.6 Å². The van der Waals surface area contributed by atoms with Gasteiger partial charge < -0.3 is 10.3 Å². The highest BCUT2D eigenvalue weighted by atomic mass is 32.2. The number of rotatable bonds is 4. The van der Waals surface area contributed by atoms with Gasteiger partial charge in [0.05, 0.1) is 17.6 Å². The molecule has 3 aromatic heterocycles. The Morgan fingerprint density at radius 3 is 2.95 bits per heavy atom. The minimum Gasteiger partial charge on any atom is -0.397 e. The van der Waals surface area contributed by atoms with Crippen molar-refractivity contribution in [1.82, 2.24) is 20.1 Å². The Balaban J connectivity index is 1.71. The number of nitrogens with two attached hydrogens (primary N) is 1. The molecule has 100 valence electrons. The van der Waals surface area contributed by atoms with E-state index in [9.17, 15) is 0 Å². The van der Waals surface area contributed by atoms with Crippen LogP contribution in [0.25, 0.3) is 11.5 Å². The molecule has 7 heteroatoms. The van der Waals surface area contributed by atoms with Crippen molar-refractivity contribution in [3.05, 3.63) is 48.7 Å². The maximum absolute atomic E-state index is 5.82. The molecular formula is C13H11N5OS. The van der Waals surface area contributed by atoms with Crippen LogP contribution < -0.4 is 5.73 Å². The van der Waals surface area contributed by atoms with Gasteiger partial charge in [0, 0.05) is 17.3 Å². The highest BCUT2D eigenvalue weighted by molar-refractivity contribution is 7.98. The Bertz CT molecular complexity index is 701. The molecule has 0 fully saturated rings. The molecular weight excluding hydrogens is 274 g/mol. The summed E-state index contributed by atoms with van der Waals surface area (Å²) in [7, 11) is 0. The molecule has 0 amide bonds. The van der Waals surface area contributed by atoms with Gasteiger partial charge in [0.15, 0.2) is 0 Å². The third kappa shape index (κ3) is 2.77. The van der Waals surface area contributed by atoms with E-state index in [1.807, 2.05) is 24.3 Å². The number of nitrogen functional groups attached to an aromatic ring is 1. The lowest BCUT2D eigenvalue weighted by Crippen LogP contribution is -1.90. The molecule has 0 spiro atoms. The molecule has 0 aliphatic heterocycles. The molecule has 0 saturated carbocycles. The summed E-state index contributed by atoms with van der Waals surface area (Å²) in [4.78, 5) is 13.4. The molecule has 3 rings (SSSR count). The molecule has 0 aliphatic carbocycles. The molecule has 0 aromatic carbocycles. The number of thioether (sulfide) groups is 1. The van der Waals surface area contributed by atoms with Gasteiger partial charge >= 0.3 is 0 Å². The smallest absolute Gasteiger partial charge is 0.237 e. The first-order valence-electron chi connectivity index (χ1n) is 5.89. The Labute approximate surface area is 119 Å². The molecule has 0 unspecified atom stereocenters. The second-order valence-electron chi connectivity index (χ2n) is 3.93. The SMILES string of the molecule is Nc1cnccc1SCc1nc(-c2ccccn2)no1. The van der Waals surface area contributed by atoms with Crippen LogP contribution in [-0.2, 0) is 5.75 Å². The predicted octanol–water partition coefficient (Wildman–Crippen LogP) is 2.40. The summed E-state index contributed by atoms with van der Waals surface area (Å²) in [5.41, 5.74) is 7.15. The predicted molar refractivity (Wildman–Crippen MR) is 75.7 cm³/mol. The molecule has 2 N–H and O–H groups in total. The summed E-state index contributed by atoms with van der Waals surface area (Å²) in [6.45, 7) is 0. The number of anilines is 1. The van der Waals surface area contributed by atoms with Crippen LogP contribution in [0.5, 0.6) is 0 Å². The maximum Gasteiger partial charge on any atom is 0.237 e. The van der Waals surface area contributed by atoms with Gasteiger partial charge in [-0.15, -0.1) is 11.8 Å². The zero-order valence-electron chi connectivity index (χ0n) is 10.4. The number of hydrogen-bond donors (Lipinski definition) is 1. The van der Waals surface area contributed by atoms with Gasteiger partial charge in [-0.1, -0.05) is 11.2 Å². The summed E-state index contributed by atoms with van der Waals surface area (Å²) in [5.74, 6) is 1.57. The molecule has 0 radical (unpaired) electrons. The topological polar surface area (TPSA) is 90.7 Å². The van der Waals surface area contributed by atoms with Gasteiger partial charge in [0.1, 0.15) is 5.69 Å². The van der Waals surface area contributed by atoms with Crippen LogP contribution in [0, 0.1) is 0 Å². The van der Waals surface area contributed by atoms with Crippen molar-refractivity contribution in [2.75, 3.05) is 5.73 Å². The van der Waals surface area contributed by atoms with Crippen molar-refractivity contribution >= 4 is 17.4 Å². The number of nitrogens with zero attached hydrogens (tertiary/aromatic N) is 4. The van der Waals surface area contributed by atoms with E-state index >= 15 is 0 Å². The first kappa shape index (κ1) is 12.6. The van der Waals surface area contributed by atoms with Gasteiger partial charge in [0.2, 0.25) is 11.7 Å². The molecule has 3 heterocycles. The Kier molecular flexibility index (Phi) is 3.60. The fourth-order valence-electron chi connectivity index (χ4n) is 1.58. The average Bonchev–Trinajstić information content (AvgIpc) is 2.96. The van der Waals surface area contributed by atoms with Crippen LogP contribution in [0.3, 0.4) is 0 Å². The minimum atomic E-state index is 0.490. The van der Waals surface area contributed by atoms with E-state index in [2.05, 4.69) is 20.1 Å². The quantitative estimate of drug-likeness (QED) is 0.736. The monoisotopic (exact) mass is 285 g/mol. The van der Waals surface area contributed by atoms with E-state index in [1.54, 1.807) is 18.6 Å². The number of aromatic nitrogens is 4. The molecule has 0 saturated heterocycles. The summed E-state index contributed by atoms with van der Waals surface area (Å²) in [6, 6.07) is 7.41. The van der Waals surface area contributed by atoms with Crippen molar-refractivity contribution in [3.63, 3.8) is 0 Å². The van der Waals surface area contributed by atoms with Crippen LogP contribution in [0.4, 0.5) is 5.69 Å². The second kappa shape index (κ2) is 5.70. The van der Waals surface area contributed by atoms with Gasteiger partial charge in [-0.25, -0.2) is 0 Å². The normalized spacial score (nSPS) is 10.6. The van der Waals surface area contributed by atoms with Gasteiger partial charge in [-0.3, -0.25) is 9.97 Å². The third-order valence-electron chi connectivity index (χ3n) is 2.52. The molecule has 0 aliphatic rings. The summed E-state index contributed by atoms with van der Waals surface area (Å²) in [6.07, 6.45) is 5.01. The first-order valence-corrected chi connectivity index (χ1v) is 6.88. The number of hydrogen-bond acceptors (Lipinski definition) is 7. The van der Waals surface area contributed by atoms with E-state index in [4.69, 9.17) is 10.3 Å². The minimum absolute atomic E-state index is 0.490. The van der Waals surface area contributed by atoms with Crippen molar-refractivity contribution in [3.8, 4) is 11.5 Å². The summed E-state index contributed by atoms with van der Waals surface area (Å²) < 4.78 is 5.20. The zero-order valence-corrected chi connectivity index (χ0v) is 11.2. The van der Waals surface area contributed by atoms with E-state index < -0.39 is 0 Å². The summed E-state index contributed by atoms with van der Waals surface area (Å²) in [5, 5.41) is 3.92. The Morgan fingerprint density at radius 2 is 2.15 bits per heavy atom. The fraction of sp³-hybridized carbons (Fsp3) is 0.0769. The van der Waals surface area contributed by atoms with E-state index in [-0.39, 0.29) is 0 Å². The van der Waals surface area contributed by atoms with E-state index in [0.29, 0.717) is 28.8 Å². The number of pyridine rings is 2. The largest absolute Gasteiger partial charge is 0.397 e. The second-order valence-corrected chi connectivity index (χ2v) is 4.95. The van der Waals surface area contributed by atoms with Crippen molar-refractivity contribution in [2.24, 2.45) is 0 Å². The van der Waals surface area contributed by atoms with Crippen LogP contribution in [-0.4, -0.2) is 20.1 Å². The lowest BCUT2D eigenvalue weighted by Gasteiger charge is -2.01. The fourth-order valence-corrected chi connectivity index (χ4v) is 2.35. The third-order valence-corrected chi connectivity index (χ3v) is 3.60. The van der Waals surface area contributed by atoms with Crippen molar-refractivity contribution in [1.29, 1.82) is 0 Å². The molecule has 3 aromatic rings. The van der Waals surface area contributed by atoms with Gasteiger partial charge in [-0.05, 0) is 18.2 Å². The standard InChI is InChI=1S/C13H11N5OS/c14-9-7-15-6-4-11(9)20-8-12-17-13(18-19-12)10-3-1-2-5-16-10/h1-7H,8,14H2.